The van der Waals surface area contributed by atoms with Crippen molar-refractivity contribution in [3.05, 3.63) is 35.0 Å². The molecule has 0 radical (unpaired) electrons. The third-order valence-corrected chi connectivity index (χ3v) is 4.66. The van der Waals surface area contributed by atoms with E-state index in [1.54, 1.807) is 12.1 Å². The summed E-state index contributed by atoms with van der Waals surface area (Å²) in [6.07, 6.45) is 2.49. The van der Waals surface area contributed by atoms with Gasteiger partial charge in [0.1, 0.15) is 5.82 Å². The number of fused-ring (bicyclic) bond motifs is 1. The van der Waals surface area contributed by atoms with E-state index in [-0.39, 0.29) is 18.3 Å². The molecule has 1 aliphatic carbocycles. The van der Waals surface area contributed by atoms with Gasteiger partial charge in [0.2, 0.25) is 0 Å². The van der Waals surface area contributed by atoms with E-state index in [1.807, 2.05) is 0 Å². The third kappa shape index (κ3) is 2.48. The molecule has 1 saturated carbocycles. The highest BCUT2D eigenvalue weighted by Gasteiger charge is 2.34. The number of aliphatic hydroxyl groups is 1. The Labute approximate surface area is 114 Å². The van der Waals surface area contributed by atoms with Gasteiger partial charge in [0.15, 0.2) is 0 Å². The second-order valence-electron chi connectivity index (χ2n) is 5.05. The molecule has 1 aliphatic rings. The van der Waals surface area contributed by atoms with Crippen LogP contribution in [0.15, 0.2) is 24.3 Å². The molecule has 100 valence electrons. The highest BCUT2D eigenvalue weighted by molar-refractivity contribution is 7.20. The minimum Gasteiger partial charge on any atom is -0.388 e. The molecule has 1 amide bonds. The van der Waals surface area contributed by atoms with Gasteiger partial charge < -0.3 is 10.4 Å². The zero-order valence-electron chi connectivity index (χ0n) is 10.3. The van der Waals surface area contributed by atoms with E-state index >= 15 is 0 Å². The van der Waals surface area contributed by atoms with Gasteiger partial charge in [-0.05, 0) is 42.8 Å². The Morgan fingerprint density at radius 2 is 2.21 bits per heavy atom. The second kappa shape index (κ2) is 4.58. The summed E-state index contributed by atoms with van der Waals surface area (Å²) in [6.45, 7) is 0.286. The Bertz CT molecular complexity index is 633. The average Bonchev–Trinajstić information content (AvgIpc) is 2.76. The van der Waals surface area contributed by atoms with Crippen LogP contribution in [-0.2, 0) is 0 Å². The molecule has 1 fully saturated rings. The van der Waals surface area contributed by atoms with Crippen LogP contribution >= 0.6 is 11.3 Å². The van der Waals surface area contributed by atoms with E-state index < -0.39 is 5.60 Å². The van der Waals surface area contributed by atoms with Crippen molar-refractivity contribution in [1.82, 2.24) is 5.32 Å². The van der Waals surface area contributed by atoms with Gasteiger partial charge in [-0.25, -0.2) is 4.39 Å². The number of carbonyl (C=O) groups excluding carboxylic acids is 1. The van der Waals surface area contributed by atoms with E-state index in [2.05, 4.69) is 5.32 Å². The molecule has 2 N–H and O–H groups in total. The van der Waals surface area contributed by atoms with Crippen molar-refractivity contribution in [2.75, 3.05) is 6.54 Å². The molecule has 0 spiro atoms. The summed E-state index contributed by atoms with van der Waals surface area (Å²) in [5.74, 6) is -0.507. The van der Waals surface area contributed by atoms with Gasteiger partial charge in [0.05, 0.1) is 10.5 Å². The number of hydrogen-bond donors (Lipinski definition) is 2. The predicted molar refractivity (Wildman–Crippen MR) is 72.9 cm³/mol. The first-order valence-corrected chi connectivity index (χ1v) is 7.07. The van der Waals surface area contributed by atoms with Crippen molar-refractivity contribution in [3.63, 3.8) is 0 Å². The largest absolute Gasteiger partial charge is 0.388 e. The quantitative estimate of drug-likeness (QED) is 0.907. The van der Waals surface area contributed by atoms with E-state index in [0.717, 1.165) is 29.3 Å². The number of thiophene rings is 1. The summed E-state index contributed by atoms with van der Waals surface area (Å²) < 4.78 is 13.8. The van der Waals surface area contributed by atoms with Gasteiger partial charge in [-0.1, -0.05) is 6.07 Å². The molecular formula is C14H14FNO2S. The molecule has 0 saturated heterocycles. The lowest BCUT2D eigenvalue weighted by atomic mass is 9.80. The van der Waals surface area contributed by atoms with Crippen LogP contribution in [-0.4, -0.2) is 23.2 Å². The van der Waals surface area contributed by atoms with Gasteiger partial charge in [-0.15, -0.1) is 11.3 Å². The van der Waals surface area contributed by atoms with Crippen LogP contribution in [0.1, 0.15) is 28.9 Å². The number of nitrogens with one attached hydrogen (secondary N) is 1. The maximum absolute atomic E-state index is 13.1. The molecule has 0 atom stereocenters. The van der Waals surface area contributed by atoms with Crippen molar-refractivity contribution in [2.24, 2.45) is 0 Å². The van der Waals surface area contributed by atoms with E-state index in [4.69, 9.17) is 0 Å². The average molecular weight is 279 g/mol. The minimum absolute atomic E-state index is 0.207. The molecular weight excluding hydrogens is 265 g/mol. The zero-order chi connectivity index (χ0) is 13.5. The third-order valence-electron chi connectivity index (χ3n) is 3.57. The van der Waals surface area contributed by atoms with Crippen LogP contribution in [0.5, 0.6) is 0 Å². The van der Waals surface area contributed by atoms with Gasteiger partial charge in [-0.3, -0.25) is 4.79 Å². The van der Waals surface area contributed by atoms with E-state index in [1.165, 1.54) is 23.5 Å². The Morgan fingerprint density at radius 1 is 1.42 bits per heavy atom. The Hall–Kier alpha value is -1.46. The summed E-state index contributed by atoms with van der Waals surface area (Å²) in [6, 6.07) is 6.22. The first kappa shape index (κ1) is 12.6. The minimum atomic E-state index is -0.724. The number of hydrogen-bond acceptors (Lipinski definition) is 3. The predicted octanol–water partition coefficient (Wildman–Crippen LogP) is 2.69. The summed E-state index contributed by atoms with van der Waals surface area (Å²) in [5, 5.41) is 13.5. The van der Waals surface area contributed by atoms with Crippen LogP contribution in [0, 0.1) is 5.82 Å². The highest BCUT2D eigenvalue weighted by Crippen LogP contribution is 2.31. The molecule has 3 nitrogen and oxygen atoms in total. The molecule has 1 aromatic heterocycles. The lowest BCUT2D eigenvalue weighted by Gasteiger charge is -2.36. The summed E-state index contributed by atoms with van der Waals surface area (Å²) >= 11 is 1.26. The van der Waals surface area contributed by atoms with E-state index in [0.29, 0.717) is 4.88 Å². The fourth-order valence-electron chi connectivity index (χ4n) is 2.21. The number of rotatable bonds is 3. The Balaban J connectivity index is 1.74. The maximum Gasteiger partial charge on any atom is 0.261 e. The lowest BCUT2D eigenvalue weighted by Crippen LogP contribution is -2.47. The fraction of sp³-hybridized carbons (Fsp3) is 0.357. The second-order valence-corrected chi connectivity index (χ2v) is 6.14. The van der Waals surface area contributed by atoms with Gasteiger partial charge in [0.25, 0.3) is 5.91 Å². The van der Waals surface area contributed by atoms with Crippen molar-refractivity contribution in [1.29, 1.82) is 0 Å². The molecule has 0 unspecified atom stereocenters. The smallest absolute Gasteiger partial charge is 0.261 e. The number of amides is 1. The van der Waals surface area contributed by atoms with Crippen molar-refractivity contribution < 1.29 is 14.3 Å². The van der Waals surface area contributed by atoms with E-state index in [9.17, 15) is 14.3 Å². The molecule has 3 rings (SSSR count). The fourth-order valence-corrected chi connectivity index (χ4v) is 3.21. The molecule has 1 aromatic carbocycles. The summed E-state index contributed by atoms with van der Waals surface area (Å²) in [5.41, 5.74) is -0.724. The molecule has 0 bridgehead atoms. The van der Waals surface area contributed by atoms with Crippen molar-refractivity contribution in [2.45, 2.75) is 24.9 Å². The molecule has 5 heteroatoms. The normalized spacial score (nSPS) is 17.2. The topological polar surface area (TPSA) is 49.3 Å². The lowest BCUT2D eigenvalue weighted by molar-refractivity contribution is -0.0300. The zero-order valence-corrected chi connectivity index (χ0v) is 11.1. The number of benzene rings is 1. The monoisotopic (exact) mass is 279 g/mol. The summed E-state index contributed by atoms with van der Waals surface area (Å²) in [7, 11) is 0. The number of carbonyl (C=O) groups is 1. The Kier molecular flexibility index (Phi) is 3.03. The molecule has 1 heterocycles. The van der Waals surface area contributed by atoms with Gasteiger partial charge in [-0.2, -0.15) is 0 Å². The highest BCUT2D eigenvalue weighted by atomic mass is 32.1. The van der Waals surface area contributed by atoms with Crippen LogP contribution in [0.25, 0.3) is 10.1 Å². The SMILES string of the molecule is O=C(NCC1(O)CCC1)c1cc2ccc(F)cc2s1. The number of halogens is 1. The van der Waals surface area contributed by atoms with Crippen molar-refractivity contribution in [3.8, 4) is 0 Å². The standard InChI is InChI=1S/C14H14FNO2S/c15-10-3-2-9-6-12(19-11(9)7-10)13(17)16-8-14(18)4-1-5-14/h2-3,6-7,18H,1,4-5,8H2,(H,16,17). The Morgan fingerprint density at radius 3 is 2.89 bits per heavy atom. The van der Waals surface area contributed by atoms with Crippen LogP contribution in [0.4, 0.5) is 4.39 Å². The molecule has 2 aromatic rings. The van der Waals surface area contributed by atoms with Crippen LogP contribution in [0.2, 0.25) is 0 Å². The summed E-state index contributed by atoms with van der Waals surface area (Å²) in [4.78, 5) is 12.5. The molecule has 19 heavy (non-hydrogen) atoms. The molecule has 0 aliphatic heterocycles. The van der Waals surface area contributed by atoms with Gasteiger partial charge >= 0.3 is 0 Å². The van der Waals surface area contributed by atoms with Crippen LogP contribution in [0.3, 0.4) is 0 Å². The van der Waals surface area contributed by atoms with Gasteiger partial charge in [0, 0.05) is 11.2 Å². The van der Waals surface area contributed by atoms with Crippen molar-refractivity contribution >= 4 is 27.3 Å². The first-order valence-electron chi connectivity index (χ1n) is 6.25. The first-order chi connectivity index (χ1) is 9.06. The van der Waals surface area contributed by atoms with Crippen LogP contribution < -0.4 is 5.32 Å². The maximum atomic E-state index is 13.1.